The third-order valence-electron chi connectivity index (χ3n) is 2.73. The van der Waals surface area contributed by atoms with E-state index >= 15 is 0 Å². The molecule has 0 unspecified atom stereocenters. The molecule has 0 aliphatic carbocycles. The quantitative estimate of drug-likeness (QED) is 0.719. The lowest BCUT2D eigenvalue weighted by molar-refractivity contribution is 0.101. The number of fused-ring (bicyclic) bond motifs is 1. The number of hydrogen-bond acceptors (Lipinski definition) is 1. The van der Waals surface area contributed by atoms with Crippen molar-refractivity contribution in [1.29, 1.82) is 0 Å². The zero-order valence-corrected chi connectivity index (χ0v) is 10.4. The molecule has 0 saturated heterocycles. The summed E-state index contributed by atoms with van der Waals surface area (Å²) in [6.45, 7) is 5.77. The fourth-order valence-corrected chi connectivity index (χ4v) is 2.10. The van der Waals surface area contributed by atoms with Gasteiger partial charge >= 0.3 is 0 Å². The van der Waals surface area contributed by atoms with Crippen LogP contribution in [0.1, 0.15) is 37.2 Å². The first kappa shape index (κ1) is 11.2. The summed E-state index contributed by atoms with van der Waals surface area (Å²) in [5.74, 6) is 0.0896. The minimum Gasteiger partial charge on any atom is -0.344 e. The average molecular weight is 236 g/mol. The lowest BCUT2D eigenvalue weighted by atomic mass is 10.1. The van der Waals surface area contributed by atoms with Crippen LogP contribution in [0.2, 0.25) is 5.02 Å². The summed E-state index contributed by atoms with van der Waals surface area (Å²) in [6.07, 6.45) is 1.91. The van der Waals surface area contributed by atoms with E-state index in [1.165, 1.54) is 0 Å². The van der Waals surface area contributed by atoms with Crippen molar-refractivity contribution < 1.29 is 4.79 Å². The van der Waals surface area contributed by atoms with Gasteiger partial charge in [-0.15, -0.1) is 0 Å². The summed E-state index contributed by atoms with van der Waals surface area (Å²) in [5.41, 5.74) is 1.79. The Labute approximate surface area is 99.8 Å². The summed E-state index contributed by atoms with van der Waals surface area (Å²) >= 11 is 5.99. The van der Waals surface area contributed by atoms with Crippen molar-refractivity contribution in [3.63, 3.8) is 0 Å². The van der Waals surface area contributed by atoms with Crippen LogP contribution in [0.4, 0.5) is 0 Å². The Morgan fingerprint density at radius 3 is 2.62 bits per heavy atom. The second-order valence-corrected chi connectivity index (χ2v) is 4.70. The molecule has 0 atom stereocenters. The summed E-state index contributed by atoms with van der Waals surface area (Å²) in [6, 6.07) is 5.95. The molecule has 2 rings (SSSR count). The van der Waals surface area contributed by atoms with E-state index < -0.39 is 0 Å². The SMILES string of the molecule is CC(=O)c1cn(C(C)C)c2cc(Cl)ccc12. The molecule has 0 saturated carbocycles. The molecule has 1 aromatic heterocycles. The molecule has 0 fully saturated rings. The minimum absolute atomic E-state index is 0.0896. The van der Waals surface area contributed by atoms with Crippen molar-refractivity contribution in [3.05, 3.63) is 35.0 Å². The van der Waals surface area contributed by atoms with Crippen molar-refractivity contribution in [2.24, 2.45) is 0 Å². The van der Waals surface area contributed by atoms with E-state index in [9.17, 15) is 4.79 Å². The first-order chi connectivity index (χ1) is 7.50. The minimum atomic E-state index is 0.0896. The van der Waals surface area contributed by atoms with Crippen molar-refractivity contribution in [1.82, 2.24) is 4.57 Å². The maximum Gasteiger partial charge on any atom is 0.161 e. The normalized spacial score (nSPS) is 11.3. The van der Waals surface area contributed by atoms with E-state index in [-0.39, 0.29) is 5.78 Å². The van der Waals surface area contributed by atoms with Gasteiger partial charge in [0.15, 0.2) is 5.78 Å². The van der Waals surface area contributed by atoms with Crippen LogP contribution in [0.25, 0.3) is 10.9 Å². The molecule has 1 heterocycles. The van der Waals surface area contributed by atoms with Crippen molar-refractivity contribution >= 4 is 28.3 Å². The summed E-state index contributed by atoms with van der Waals surface area (Å²) in [4.78, 5) is 11.5. The molecule has 0 aliphatic heterocycles. The number of carbonyl (C=O) groups is 1. The Bertz CT molecular complexity index is 554. The lowest BCUT2D eigenvalue weighted by Gasteiger charge is -2.08. The van der Waals surface area contributed by atoms with Gasteiger partial charge in [-0.25, -0.2) is 0 Å². The fourth-order valence-electron chi connectivity index (χ4n) is 1.93. The molecule has 0 bridgehead atoms. The topological polar surface area (TPSA) is 22.0 Å². The monoisotopic (exact) mass is 235 g/mol. The number of rotatable bonds is 2. The first-order valence-corrected chi connectivity index (χ1v) is 5.69. The highest BCUT2D eigenvalue weighted by molar-refractivity contribution is 6.31. The Hall–Kier alpha value is -1.28. The largest absolute Gasteiger partial charge is 0.344 e. The van der Waals surface area contributed by atoms with Crippen LogP contribution >= 0.6 is 11.6 Å². The second-order valence-electron chi connectivity index (χ2n) is 4.26. The van der Waals surface area contributed by atoms with Crippen molar-refractivity contribution in [2.75, 3.05) is 0 Å². The van der Waals surface area contributed by atoms with E-state index in [1.54, 1.807) is 6.92 Å². The van der Waals surface area contributed by atoms with Gasteiger partial charge in [0.1, 0.15) is 0 Å². The third-order valence-corrected chi connectivity index (χ3v) is 2.97. The highest BCUT2D eigenvalue weighted by Crippen LogP contribution is 2.27. The standard InChI is InChI=1S/C13H14ClNO/c1-8(2)15-7-12(9(3)16)11-5-4-10(14)6-13(11)15/h4-8H,1-3H3. The van der Waals surface area contributed by atoms with Gasteiger partial charge in [-0.2, -0.15) is 0 Å². The molecule has 0 N–H and O–H groups in total. The van der Waals surface area contributed by atoms with E-state index in [2.05, 4.69) is 18.4 Å². The Morgan fingerprint density at radius 2 is 2.06 bits per heavy atom. The number of hydrogen-bond donors (Lipinski definition) is 0. The zero-order chi connectivity index (χ0) is 11.9. The number of ketones is 1. The zero-order valence-electron chi connectivity index (χ0n) is 9.62. The summed E-state index contributed by atoms with van der Waals surface area (Å²) in [7, 11) is 0. The molecule has 84 valence electrons. The highest BCUT2D eigenvalue weighted by Gasteiger charge is 2.13. The molecule has 3 heteroatoms. The number of carbonyl (C=O) groups excluding carboxylic acids is 1. The van der Waals surface area contributed by atoms with Crippen LogP contribution in [0.15, 0.2) is 24.4 Å². The van der Waals surface area contributed by atoms with E-state index in [4.69, 9.17) is 11.6 Å². The molecule has 16 heavy (non-hydrogen) atoms. The van der Waals surface area contributed by atoms with Crippen LogP contribution in [-0.4, -0.2) is 10.4 Å². The molecule has 1 aromatic carbocycles. The molecular weight excluding hydrogens is 222 g/mol. The van der Waals surface area contributed by atoms with Gasteiger partial charge in [-0.1, -0.05) is 17.7 Å². The molecule has 2 aromatic rings. The van der Waals surface area contributed by atoms with Gasteiger partial charge in [0.05, 0.1) is 5.52 Å². The van der Waals surface area contributed by atoms with Crippen LogP contribution in [0, 0.1) is 0 Å². The highest BCUT2D eigenvalue weighted by atomic mass is 35.5. The maximum absolute atomic E-state index is 11.5. The first-order valence-electron chi connectivity index (χ1n) is 5.31. The molecule has 2 nitrogen and oxygen atoms in total. The van der Waals surface area contributed by atoms with Crippen LogP contribution in [0.5, 0.6) is 0 Å². The predicted molar refractivity (Wildman–Crippen MR) is 67.3 cm³/mol. The molecule has 0 spiro atoms. The van der Waals surface area contributed by atoms with Crippen molar-refractivity contribution in [2.45, 2.75) is 26.8 Å². The van der Waals surface area contributed by atoms with Gasteiger partial charge < -0.3 is 4.57 Å². The summed E-state index contributed by atoms with van der Waals surface area (Å²) in [5, 5.41) is 1.67. The van der Waals surface area contributed by atoms with Crippen molar-refractivity contribution in [3.8, 4) is 0 Å². The maximum atomic E-state index is 11.5. The van der Waals surface area contributed by atoms with Gasteiger partial charge in [0.25, 0.3) is 0 Å². The molecular formula is C13H14ClNO. The Balaban J connectivity index is 2.81. The van der Waals surface area contributed by atoms with Crippen LogP contribution in [-0.2, 0) is 0 Å². The van der Waals surface area contributed by atoms with Crippen LogP contribution < -0.4 is 0 Å². The number of halogens is 1. The predicted octanol–water partition coefficient (Wildman–Crippen LogP) is 4.08. The molecule has 0 radical (unpaired) electrons. The number of benzene rings is 1. The fraction of sp³-hybridized carbons (Fsp3) is 0.308. The summed E-state index contributed by atoms with van der Waals surface area (Å²) < 4.78 is 2.08. The number of aromatic nitrogens is 1. The van der Waals surface area contributed by atoms with E-state index in [1.807, 2.05) is 24.4 Å². The van der Waals surface area contributed by atoms with E-state index in [0.717, 1.165) is 16.5 Å². The van der Waals surface area contributed by atoms with Gasteiger partial charge in [0.2, 0.25) is 0 Å². The van der Waals surface area contributed by atoms with Gasteiger partial charge in [-0.05, 0) is 32.9 Å². The third kappa shape index (κ3) is 1.74. The molecule has 0 amide bonds. The van der Waals surface area contributed by atoms with Crippen LogP contribution in [0.3, 0.4) is 0 Å². The Kier molecular flexibility index (Phi) is 2.76. The van der Waals surface area contributed by atoms with Gasteiger partial charge in [0, 0.05) is 28.2 Å². The lowest BCUT2D eigenvalue weighted by Crippen LogP contribution is -1.98. The smallest absolute Gasteiger partial charge is 0.161 e. The second kappa shape index (κ2) is 3.95. The number of Topliss-reactive ketones (excluding diaryl/α,β-unsaturated/α-hetero) is 1. The van der Waals surface area contributed by atoms with E-state index in [0.29, 0.717) is 11.1 Å². The van der Waals surface area contributed by atoms with Gasteiger partial charge in [-0.3, -0.25) is 4.79 Å². The Morgan fingerprint density at radius 1 is 1.38 bits per heavy atom. The average Bonchev–Trinajstić information content (AvgIpc) is 2.56. The number of nitrogens with zero attached hydrogens (tertiary/aromatic N) is 1. The molecule has 0 aliphatic rings.